The van der Waals surface area contributed by atoms with Crippen molar-refractivity contribution >= 4 is 5.69 Å². The Balaban J connectivity index is 1.67. The molecule has 98 valence electrons. The van der Waals surface area contributed by atoms with Crippen LogP contribution in [0.4, 0.5) is 5.69 Å². The molecule has 2 aliphatic rings. The molecule has 0 aromatic carbocycles. The summed E-state index contributed by atoms with van der Waals surface area (Å²) < 4.78 is 11.0. The van der Waals surface area contributed by atoms with Crippen molar-refractivity contribution in [3.63, 3.8) is 0 Å². The number of rotatable bonds is 2. The number of nitrogens with zero attached hydrogens (tertiary/aromatic N) is 2. The largest absolute Gasteiger partial charge is 0.378 e. The highest BCUT2D eigenvalue weighted by molar-refractivity contribution is 5.45. The Morgan fingerprint density at radius 3 is 2.78 bits per heavy atom. The van der Waals surface area contributed by atoms with Crippen LogP contribution in [0.3, 0.4) is 0 Å². The molecule has 1 unspecified atom stereocenters. The minimum atomic E-state index is 0.0949. The van der Waals surface area contributed by atoms with E-state index >= 15 is 0 Å². The first kappa shape index (κ1) is 11.9. The molecule has 18 heavy (non-hydrogen) atoms. The third kappa shape index (κ3) is 2.63. The summed E-state index contributed by atoms with van der Waals surface area (Å²) in [7, 11) is 0. The van der Waals surface area contributed by atoms with Gasteiger partial charge in [-0.15, -0.1) is 0 Å². The van der Waals surface area contributed by atoms with Crippen molar-refractivity contribution in [2.45, 2.75) is 6.10 Å². The molecule has 0 saturated carbocycles. The van der Waals surface area contributed by atoms with E-state index in [1.165, 1.54) is 5.69 Å². The maximum atomic E-state index is 5.69. The van der Waals surface area contributed by atoms with Gasteiger partial charge in [0.25, 0.3) is 0 Å². The highest BCUT2D eigenvalue weighted by Crippen LogP contribution is 2.20. The lowest BCUT2D eigenvalue weighted by Gasteiger charge is -2.29. The van der Waals surface area contributed by atoms with E-state index in [1.807, 2.05) is 6.20 Å². The quantitative estimate of drug-likeness (QED) is 0.830. The number of hydrogen-bond donors (Lipinski definition) is 1. The highest BCUT2D eigenvalue weighted by atomic mass is 16.5. The van der Waals surface area contributed by atoms with E-state index in [0.29, 0.717) is 0 Å². The summed E-state index contributed by atoms with van der Waals surface area (Å²) >= 11 is 0. The molecule has 0 spiro atoms. The topological polar surface area (TPSA) is 46.6 Å². The van der Waals surface area contributed by atoms with Gasteiger partial charge in [0.05, 0.1) is 37.4 Å². The standard InChI is InChI=1S/C13H19N3O2/c1-2-12(13-10-14-3-6-18-13)15-9-11(1)16-4-7-17-8-5-16/h1-2,9,13-14H,3-8,10H2. The van der Waals surface area contributed by atoms with Crippen LogP contribution in [0.15, 0.2) is 18.3 Å². The van der Waals surface area contributed by atoms with Crippen molar-refractivity contribution in [3.8, 4) is 0 Å². The Labute approximate surface area is 107 Å². The summed E-state index contributed by atoms with van der Waals surface area (Å²) in [6.45, 7) is 6.05. The first-order chi connectivity index (χ1) is 8.93. The van der Waals surface area contributed by atoms with Gasteiger partial charge in [-0.1, -0.05) is 0 Å². The number of hydrogen-bond acceptors (Lipinski definition) is 5. The van der Waals surface area contributed by atoms with Crippen LogP contribution in [0.2, 0.25) is 0 Å². The second-order valence-corrected chi connectivity index (χ2v) is 4.60. The van der Waals surface area contributed by atoms with Gasteiger partial charge in [0.15, 0.2) is 0 Å². The maximum Gasteiger partial charge on any atom is 0.112 e. The van der Waals surface area contributed by atoms with Crippen LogP contribution in [0.25, 0.3) is 0 Å². The van der Waals surface area contributed by atoms with Crippen LogP contribution in [-0.2, 0) is 9.47 Å². The van der Waals surface area contributed by atoms with Gasteiger partial charge >= 0.3 is 0 Å². The van der Waals surface area contributed by atoms with E-state index in [1.54, 1.807) is 0 Å². The summed E-state index contributed by atoms with van der Waals surface area (Å²) in [5.74, 6) is 0. The van der Waals surface area contributed by atoms with Crippen molar-refractivity contribution in [2.75, 3.05) is 50.9 Å². The molecule has 5 heteroatoms. The average molecular weight is 249 g/mol. The van der Waals surface area contributed by atoms with Gasteiger partial charge in [0.2, 0.25) is 0 Å². The molecule has 0 aliphatic carbocycles. The Morgan fingerprint density at radius 1 is 1.22 bits per heavy atom. The second-order valence-electron chi connectivity index (χ2n) is 4.60. The SMILES string of the molecule is c1cc(C2CNCCO2)ncc1N1CCOCC1. The zero-order valence-corrected chi connectivity index (χ0v) is 10.5. The molecular formula is C13H19N3O2. The summed E-state index contributed by atoms with van der Waals surface area (Å²) in [6.07, 6.45) is 2.04. The third-order valence-corrected chi connectivity index (χ3v) is 3.40. The fourth-order valence-electron chi connectivity index (χ4n) is 2.35. The van der Waals surface area contributed by atoms with Crippen molar-refractivity contribution in [1.29, 1.82) is 0 Å². The molecule has 2 saturated heterocycles. The van der Waals surface area contributed by atoms with Crippen LogP contribution < -0.4 is 10.2 Å². The van der Waals surface area contributed by atoms with E-state index < -0.39 is 0 Å². The molecule has 0 amide bonds. The Bertz CT molecular complexity index is 333. The molecule has 2 fully saturated rings. The Morgan fingerprint density at radius 2 is 2.11 bits per heavy atom. The van der Waals surface area contributed by atoms with Crippen LogP contribution in [0.1, 0.15) is 11.8 Å². The van der Waals surface area contributed by atoms with Crippen molar-refractivity contribution in [3.05, 3.63) is 24.0 Å². The molecule has 2 aliphatic heterocycles. The van der Waals surface area contributed by atoms with Crippen molar-refractivity contribution in [1.82, 2.24) is 10.3 Å². The molecular weight excluding hydrogens is 230 g/mol. The summed E-state index contributed by atoms with van der Waals surface area (Å²) in [6, 6.07) is 4.20. The van der Waals surface area contributed by atoms with Gasteiger partial charge in [-0.2, -0.15) is 0 Å². The number of nitrogens with one attached hydrogen (secondary N) is 1. The monoisotopic (exact) mass is 249 g/mol. The molecule has 1 aromatic heterocycles. The van der Waals surface area contributed by atoms with E-state index in [9.17, 15) is 0 Å². The van der Waals surface area contributed by atoms with Crippen molar-refractivity contribution in [2.24, 2.45) is 0 Å². The summed E-state index contributed by atoms with van der Waals surface area (Å²) in [4.78, 5) is 6.84. The zero-order valence-electron chi connectivity index (χ0n) is 10.5. The molecule has 3 heterocycles. The average Bonchev–Trinajstić information content (AvgIpc) is 2.49. The van der Waals surface area contributed by atoms with Gasteiger partial charge in [-0.3, -0.25) is 4.98 Å². The highest BCUT2D eigenvalue weighted by Gasteiger charge is 2.17. The minimum absolute atomic E-state index is 0.0949. The minimum Gasteiger partial charge on any atom is -0.378 e. The maximum absolute atomic E-state index is 5.69. The van der Waals surface area contributed by atoms with Gasteiger partial charge < -0.3 is 19.7 Å². The number of ether oxygens (including phenoxy) is 2. The first-order valence-electron chi connectivity index (χ1n) is 6.54. The fraction of sp³-hybridized carbons (Fsp3) is 0.615. The van der Waals surface area contributed by atoms with Crippen LogP contribution in [0.5, 0.6) is 0 Å². The molecule has 0 bridgehead atoms. The van der Waals surface area contributed by atoms with Crippen LogP contribution in [-0.4, -0.2) is 51.0 Å². The molecule has 1 N–H and O–H groups in total. The molecule has 5 nitrogen and oxygen atoms in total. The lowest BCUT2D eigenvalue weighted by molar-refractivity contribution is 0.0250. The number of aromatic nitrogens is 1. The zero-order chi connectivity index (χ0) is 12.2. The lowest BCUT2D eigenvalue weighted by atomic mass is 10.2. The van der Waals surface area contributed by atoms with E-state index in [4.69, 9.17) is 9.47 Å². The Hall–Kier alpha value is -1.17. The molecule has 0 radical (unpaired) electrons. The van der Waals surface area contributed by atoms with Gasteiger partial charge in [0.1, 0.15) is 6.10 Å². The number of pyridine rings is 1. The van der Waals surface area contributed by atoms with E-state index in [0.717, 1.165) is 51.7 Å². The predicted octanol–water partition coefficient (Wildman–Crippen LogP) is 0.579. The smallest absolute Gasteiger partial charge is 0.112 e. The van der Waals surface area contributed by atoms with E-state index in [-0.39, 0.29) is 6.10 Å². The molecule has 3 rings (SSSR count). The number of morpholine rings is 2. The summed E-state index contributed by atoms with van der Waals surface area (Å²) in [5, 5.41) is 3.32. The Kier molecular flexibility index (Phi) is 3.73. The lowest BCUT2D eigenvalue weighted by Crippen LogP contribution is -2.36. The second kappa shape index (κ2) is 5.65. The van der Waals surface area contributed by atoms with E-state index in [2.05, 4.69) is 27.3 Å². The van der Waals surface area contributed by atoms with Gasteiger partial charge in [-0.05, 0) is 12.1 Å². The fourth-order valence-corrected chi connectivity index (χ4v) is 2.35. The predicted molar refractivity (Wildman–Crippen MR) is 68.8 cm³/mol. The van der Waals surface area contributed by atoms with Gasteiger partial charge in [-0.25, -0.2) is 0 Å². The third-order valence-electron chi connectivity index (χ3n) is 3.40. The molecule has 1 aromatic rings. The van der Waals surface area contributed by atoms with Crippen LogP contribution >= 0.6 is 0 Å². The normalized spacial score (nSPS) is 25.1. The first-order valence-corrected chi connectivity index (χ1v) is 6.54. The summed E-state index contributed by atoms with van der Waals surface area (Å²) in [5.41, 5.74) is 2.19. The number of anilines is 1. The van der Waals surface area contributed by atoms with Gasteiger partial charge in [0, 0.05) is 26.2 Å². The van der Waals surface area contributed by atoms with Crippen LogP contribution in [0, 0.1) is 0 Å². The molecule has 1 atom stereocenters. The van der Waals surface area contributed by atoms with Crippen molar-refractivity contribution < 1.29 is 9.47 Å².